The van der Waals surface area contributed by atoms with Gasteiger partial charge in [0.2, 0.25) is 5.91 Å². The molecule has 0 aliphatic heterocycles. The quantitative estimate of drug-likeness (QED) is 0.875. The van der Waals surface area contributed by atoms with E-state index in [1.165, 1.54) is 5.56 Å². The van der Waals surface area contributed by atoms with Gasteiger partial charge in [0.05, 0.1) is 11.5 Å². The van der Waals surface area contributed by atoms with E-state index in [0.29, 0.717) is 6.61 Å². The molecule has 0 radical (unpaired) electrons. The summed E-state index contributed by atoms with van der Waals surface area (Å²) in [6, 6.07) is 7.83. The van der Waals surface area contributed by atoms with E-state index in [0.717, 1.165) is 25.0 Å². The second kappa shape index (κ2) is 6.48. The average Bonchev–Trinajstić information content (AvgIpc) is 2.79. The maximum atomic E-state index is 12.4. The summed E-state index contributed by atoms with van der Waals surface area (Å²) in [5, 5.41) is 3.03. The monoisotopic (exact) mass is 290 g/mol. The Balaban J connectivity index is 1.83. The van der Waals surface area contributed by atoms with Crippen molar-refractivity contribution in [3.05, 3.63) is 29.8 Å². The molecule has 1 saturated carbocycles. The molecule has 116 valence electrons. The molecule has 4 heteroatoms. The highest BCUT2D eigenvalue weighted by atomic mass is 16.5. The second-order valence-corrected chi connectivity index (χ2v) is 6.41. The van der Waals surface area contributed by atoms with Gasteiger partial charge >= 0.3 is 0 Å². The topological polar surface area (TPSA) is 64.3 Å². The summed E-state index contributed by atoms with van der Waals surface area (Å²) >= 11 is 0. The SMILES string of the molecule is Cc1ccc(OCC(C)NC(=O)C2(C)CCCC2N)cc1. The van der Waals surface area contributed by atoms with Crippen LogP contribution in [0.4, 0.5) is 0 Å². The van der Waals surface area contributed by atoms with Gasteiger partial charge in [-0.15, -0.1) is 0 Å². The summed E-state index contributed by atoms with van der Waals surface area (Å²) in [6.45, 7) is 6.42. The minimum absolute atomic E-state index is 0.0385. The number of hydrogen-bond donors (Lipinski definition) is 2. The predicted octanol–water partition coefficient (Wildman–Crippen LogP) is 2.40. The first-order valence-electron chi connectivity index (χ1n) is 7.68. The maximum absolute atomic E-state index is 12.4. The Hall–Kier alpha value is -1.55. The van der Waals surface area contributed by atoms with Gasteiger partial charge in [-0.25, -0.2) is 0 Å². The molecule has 3 unspecified atom stereocenters. The van der Waals surface area contributed by atoms with Gasteiger partial charge in [-0.05, 0) is 45.7 Å². The summed E-state index contributed by atoms with van der Waals surface area (Å²) in [5.74, 6) is 0.873. The van der Waals surface area contributed by atoms with E-state index >= 15 is 0 Å². The van der Waals surface area contributed by atoms with Crippen LogP contribution >= 0.6 is 0 Å². The smallest absolute Gasteiger partial charge is 0.227 e. The van der Waals surface area contributed by atoms with Gasteiger partial charge in [0.15, 0.2) is 0 Å². The van der Waals surface area contributed by atoms with Gasteiger partial charge in [0.1, 0.15) is 12.4 Å². The third-order valence-corrected chi connectivity index (χ3v) is 4.45. The predicted molar refractivity (Wildman–Crippen MR) is 84.2 cm³/mol. The number of carbonyl (C=O) groups is 1. The molecule has 3 atom stereocenters. The lowest BCUT2D eigenvalue weighted by atomic mass is 9.84. The first-order chi connectivity index (χ1) is 9.91. The number of hydrogen-bond acceptors (Lipinski definition) is 3. The Morgan fingerprint density at radius 1 is 1.48 bits per heavy atom. The molecule has 3 N–H and O–H groups in total. The fraction of sp³-hybridized carbons (Fsp3) is 0.588. The molecule has 0 heterocycles. The van der Waals surface area contributed by atoms with Crippen LogP contribution < -0.4 is 15.8 Å². The Morgan fingerprint density at radius 3 is 2.71 bits per heavy atom. The highest BCUT2D eigenvalue weighted by Gasteiger charge is 2.43. The van der Waals surface area contributed by atoms with Crippen LogP contribution in [-0.4, -0.2) is 24.6 Å². The number of nitrogens with two attached hydrogens (primary N) is 1. The summed E-state index contributed by atoms with van der Waals surface area (Å²) < 4.78 is 5.70. The van der Waals surface area contributed by atoms with Gasteiger partial charge in [-0.1, -0.05) is 24.1 Å². The zero-order valence-electron chi connectivity index (χ0n) is 13.2. The third kappa shape index (κ3) is 3.76. The van der Waals surface area contributed by atoms with Crippen molar-refractivity contribution >= 4 is 5.91 Å². The number of ether oxygens (including phenoxy) is 1. The standard InChI is InChI=1S/C17H26N2O2/c1-12-6-8-14(9-7-12)21-11-13(2)19-16(20)17(3)10-4-5-15(17)18/h6-9,13,15H,4-5,10-11,18H2,1-3H3,(H,19,20). The van der Waals surface area contributed by atoms with Crippen molar-refractivity contribution in [1.82, 2.24) is 5.32 Å². The first kappa shape index (κ1) is 15.8. The van der Waals surface area contributed by atoms with Gasteiger partial charge in [0, 0.05) is 6.04 Å². The van der Waals surface area contributed by atoms with Crippen LogP contribution in [0.1, 0.15) is 38.7 Å². The minimum Gasteiger partial charge on any atom is -0.491 e. The van der Waals surface area contributed by atoms with Crippen molar-refractivity contribution in [3.63, 3.8) is 0 Å². The fourth-order valence-corrected chi connectivity index (χ4v) is 2.76. The maximum Gasteiger partial charge on any atom is 0.227 e. The van der Waals surface area contributed by atoms with Gasteiger partial charge in [0.25, 0.3) is 0 Å². The lowest BCUT2D eigenvalue weighted by Gasteiger charge is -2.29. The normalized spacial score (nSPS) is 26.4. The van der Waals surface area contributed by atoms with Crippen LogP contribution in [0.3, 0.4) is 0 Å². The molecule has 0 aromatic heterocycles. The van der Waals surface area contributed by atoms with Crippen molar-refractivity contribution in [2.45, 2.75) is 52.1 Å². The van der Waals surface area contributed by atoms with Crippen LogP contribution in [0.2, 0.25) is 0 Å². The zero-order chi connectivity index (χ0) is 15.5. The molecular formula is C17H26N2O2. The lowest BCUT2D eigenvalue weighted by Crippen LogP contribution is -2.50. The highest BCUT2D eigenvalue weighted by molar-refractivity contribution is 5.83. The molecule has 1 aromatic rings. The van der Waals surface area contributed by atoms with Gasteiger partial charge in [-0.3, -0.25) is 4.79 Å². The van der Waals surface area contributed by atoms with Crippen LogP contribution in [-0.2, 0) is 4.79 Å². The average molecular weight is 290 g/mol. The Bertz CT molecular complexity index is 486. The Morgan fingerprint density at radius 2 is 2.14 bits per heavy atom. The van der Waals surface area contributed by atoms with Crippen molar-refractivity contribution < 1.29 is 9.53 Å². The number of benzene rings is 1. The van der Waals surface area contributed by atoms with Gasteiger partial charge < -0.3 is 15.8 Å². The Labute approximate surface area is 127 Å². The zero-order valence-corrected chi connectivity index (χ0v) is 13.2. The van der Waals surface area contributed by atoms with E-state index in [4.69, 9.17) is 10.5 Å². The molecule has 1 fully saturated rings. The van der Waals surface area contributed by atoms with E-state index in [-0.39, 0.29) is 18.0 Å². The molecule has 0 bridgehead atoms. The molecule has 21 heavy (non-hydrogen) atoms. The van der Waals surface area contributed by atoms with E-state index < -0.39 is 5.41 Å². The molecule has 1 aliphatic rings. The molecule has 1 aliphatic carbocycles. The van der Waals surface area contributed by atoms with E-state index in [1.54, 1.807) is 0 Å². The summed E-state index contributed by atoms with van der Waals surface area (Å²) in [5.41, 5.74) is 6.85. The number of amides is 1. The molecular weight excluding hydrogens is 264 g/mol. The molecule has 4 nitrogen and oxygen atoms in total. The summed E-state index contributed by atoms with van der Waals surface area (Å²) in [6.07, 6.45) is 2.82. The summed E-state index contributed by atoms with van der Waals surface area (Å²) in [7, 11) is 0. The van der Waals surface area contributed by atoms with E-state index in [1.807, 2.05) is 45.0 Å². The molecule has 0 spiro atoms. The number of nitrogens with one attached hydrogen (secondary N) is 1. The van der Waals surface area contributed by atoms with Crippen LogP contribution in [0, 0.1) is 12.3 Å². The molecule has 1 amide bonds. The number of aryl methyl sites for hydroxylation is 1. The third-order valence-electron chi connectivity index (χ3n) is 4.45. The van der Waals surface area contributed by atoms with Crippen LogP contribution in [0.15, 0.2) is 24.3 Å². The summed E-state index contributed by atoms with van der Waals surface area (Å²) in [4.78, 5) is 12.4. The number of rotatable bonds is 5. The number of carbonyl (C=O) groups excluding carboxylic acids is 1. The lowest BCUT2D eigenvalue weighted by molar-refractivity contribution is -0.131. The van der Waals surface area contributed by atoms with Crippen LogP contribution in [0.5, 0.6) is 5.75 Å². The van der Waals surface area contributed by atoms with Crippen molar-refractivity contribution in [2.24, 2.45) is 11.1 Å². The largest absolute Gasteiger partial charge is 0.491 e. The second-order valence-electron chi connectivity index (χ2n) is 6.41. The molecule has 1 aromatic carbocycles. The van der Waals surface area contributed by atoms with Gasteiger partial charge in [-0.2, -0.15) is 0 Å². The highest BCUT2D eigenvalue weighted by Crippen LogP contribution is 2.36. The molecule has 0 saturated heterocycles. The minimum atomic E-state index is -0.432. The molecule has 2 rings (SSSR count). The fourth-order valence-electron chi connectivity index (χ4n) is 2.76. The Kier molecular flexibility index (Phi) is 4.88. The van der Waals surface area contributed by atoms with Crippen molar-refractivity contribution in [2.75, 3.05) is 6.61 Å². The van der Waals surface area contributed by atoms with E-state index in [9.17, 15) is 4.79 Å². The van der Waals surface area contributed by atoms with Crippen molar-refractivity contribution in [1.29, 1.82) is 0 Å². The van der Waals surface area contributed by atoms with Crippen LogP contribution in [0.25, 0.3) is 0 Å². The van der Waals surface area contributed by atoms with Crippen molar-refractivity contribution in [3.8, 4) is 5.75 Å². The first-order valence-corrected chi connectivity index (χ1v) is 7.68. The van der Waals surface area contributed by atoms with E-state index in [2.05, 4.69) is 5.32 Å².